The quantitative estimate of drug-likeness (QED) is 0.721. The van der Waals surface area contributed by atoms with Crippen molar-refractivity contribution in [1.29, 1.82) is 0 Å². The summed E-state index contributed by atoms with van der Waals surface area (Å²) >= 11 is 0. The topological polar surface area (TPSA) is 21.3 Å². The molecule has 16 heavy (non-hydrogen) atoms. The molecular weight excluding hydrogens is 198 g/mol. The van der Waals surface area contributed by atoms with E-state index in [9.17, 15) is 0 Å². The van der Waals surface area contributed by atoms with E-state index in [0.29, 0.717) is 6.10 Å². The number of ether oxygens (including phenoxy) is 1. The Labute approximate surface area is 101 Å². The van der Waals surface area contributed by atoms with Gasteiger partial charge in [-0.2, -0.15) is 0 Å². The van der Waals surface area contributed by atoms with Crippen molar-refractivity contribution in [2.75, 3.05) is 19.7 Å². The molecule has 2 unspecified atom stereocenters. The van der Waals surface area contributed by atoms with Crippen LogP contribution in [-0.4, -0.2) is 25.8 Å². The first kappa shape index (κ1) is 14.0. The molecule has 1 aliphatic rings. The summed E-state index contributed by atoms with van der Waals surface area (Å²) < 4.78 is 5.76. The SMILES string of the molecule is CC(C)CNCC1CCCC1COC(C)C. The molecule has 0 bridgehead atoms. The molecule has 1 N–H and O–H groups in total. The Bertz CT molecular complexity index is 180. The van der Waals surface area contributed by atoms with Crippen LogP contribution in [0.1, 0.15) is 47.0 Å². The third-order valence-electron chi connectivity index (χ3n) is 3.42. The first-order chi connectivity index (χ1) is 7.59. The average Bonchev–Trinajstić information content (AvgIpc) is 2.62. The summed E-state index contributed by atoms with van der Waals surface area (Å²) in [4.78, 5) is 0. The molecule has 96 valence electrons. The van der Waals surface area contributed by atoms with Crippen LogP contribution in [0.4, 0.5) is 0 Å². The van der Waals surface area contributed by atoms with Crippen LogP contribution in [0.3, 0.4) is 0 Å². The third-order valence-corrected chi connectivity index (χ3v) is 3.42. The zero-order valence-electron chi connectivity index (χ0n) is 11.5. The van der Waals surface area contributed by atoms with Crippen molar-refractivity contribution in [3.05, 3.63) is 0 Å². The van der Waals surface area contributed by atoms with Gasteiger partial charge < -0.3 is 10.1 Å². The molecule has 1 aliphatic carbocycles. The van der Waals surface area contributed by atoms with E-state index in [1.807, 2.05) is 0 Å². The number of hydrogen-bond donors (Lipinski definition) is 1. The Hall–Kier alpha value is -0.0800. The molecule has 0 heterocycles. The molecule has 2 nitrogen and oxygen atoms in total. The van der Waals surface area contributed by atoms with Gasteiger partial charge in [0.05, 0.1) is 12.7 Å². The zero-order chi connectivity index (χ0) is 12.0. The third kappa shape index (κ3) is 5.31. The van der Waals surface area contributed by atoms with Crippen LogP contribution in [0.25, 0.3) is 0 Å². The maximum atomic E-state index is 5.76. The lowest BCUT2D eigenvalue weighted by atomic mass is 9.96. The molecule has 2 heteroatoms. The normalized spacial score (nSPS) is 25.9. The van der Waals surface area contributed by atoms with E-state index in [-0.39, 0.29) is 0 Å². The fraction of sp³-hybridized carbons (Fsp3) is 1.00. The smallest absolute Gasteiger partial charge is 0.0519 e. The summed E-state index contributed by atoms with van der Waals surface area (Å²) in [6.45, 7) is 12.1. The summed E-state index contributed by atoms with van der Waals surface area (Å²) in [6, 6.07) is 0. The Morgan fingerprint density at radius 1 is 1.12 bits per heavy atom. The van der Waals surface area contributed by atoms with E-state index in [2.05, 4.69) is 33.0 Å². The summed E-state index contributed by atoms with van der Waals surface area (Å²) in [5.74, 6) is 2.39. The second kappa shape index (κ2) is 7.29. The van der Waals surface area contributed by atoms with Gasteiger partial charge in [-0.15, -0.1) is 0 Å². The minimum absolute atomic E-state index is 0.380. The summed E-state index contributed by atoms with van der Waals surface area (Å²) in [5.41, 5.74) is 0. The number of hydrogen-bond acceptors (Lipinski definition) is 2. The summed E-state index contributed by atoms with van der Waals surface area (Å²) in [6.07, 6.45) is 4.52. The molecule has 0 aromatic carbocycles. The van der Waals surface area contributed by atoms with Gasteiger partial charge in [0, 0.05) is 0 Å². The molecule has 0 aromatic heterocycles. The molecule has 1 saturated carbocycles. The highest BCUT2D eigenvalue weighted by Gasteiger charge is 2.27. The Kier molecular flexibility index (Phi) is 6.37. The van der Waals surface area contributed by atoms with Gasteiger partial charge in [-0.05, 0) is 57.5 Å². The second-order valence-corrected chi connectivity index (χ2v) is 5.89. The Morgan fingerprint density at radius 3 is 2.44 bits per heavy atom. The van der Waals surface area contributed by atoms with E-state index in [4.69, 9.17) is 4.74 Å². The van der Waals surface area contributed by atoms with E-state index in [1.165, 1.54) is 25.8 Å². The lowest BCUT2D eigenvalue weighted by Gasteiger charge is -2.21. The van der Waals surface area contributed by atoms with Crippen LogP contribution >= 0.6 is 0 Å². The van der Waals surface area contributed by atoms with E-state index >= 15 is 0 Å². The highest BCUT2D eigenvalue weighted by Crippen LogP contribution is 2.31. The van der Waals surface area contributed by atoms with Gasteiger partial charge in [-0.1, -0.05) is 20.3 Å². The van der Waals surface area contributed by atoms with Gasteiger partial charge >= 0.3 is 0 Å². The minimum Gasteiger partial charge on any atom is -0.378 e. The van der Waals surface area contributed by atoms with Gasteiger partial charge in [0.2, 0.25) is 0 Å². The van der Waals surface area contributed by atoms with Crippen LogP contribution in [0.15, 0.2) is 0 Å². The molecule has 0 radical (unpaired) electrons. The molecule has 0 amide bonds. The van der Waals surface area contributed by atoms with Crippen molar-refractivity contribution in [3.8, 4) is 0 Å². The predicted octanol–water partition coefficient (Wildman–Crippen LogP) is 3.07. The average molecular weight is 227 g/mol. The fourth-order valence-electron chi connectivity index (χ4n) is 2.48. The van der Waals surface area contributed by atoms with E-state index in [0.717, 1.165) is 30.9 Å². The summed E-state index contributed by atoms with van der Waals surface area (Å²) in [7, 11) is 0. The van der Waals surface area contributed by atoms with Crippen molar-refractivity contribution in [1.82, 2.24) is 5.32 Å². The predicted molar refractivity (Wildman–Crippen MR) is 69.6 cm³/mol. The molecule has 0 aliphatic heterocycles. The van der Waals surface area contributed by atoms with Crippen LogP contribution in [0.5, 0.6) is 0 Å². The first-order valence-corrected chi connectivity index (χ1v) is 6.92. The van der Waals surface area contributed by atoms with Crippen LogP contribution in [-0.2, 0) is 4.74 Å². The lowest BCUT2D eigenvalue weighted by molar-refractivity contribution is 0.0412. The maximum Gasteiger partial charge on any atom is 0.0519 e. The lowest BCUT2D eigenvalue weighted by Crippen LogP contribution is -2.30. The molecule has 0 saturated heterocycles. The Morgan fingerprint density at radius 2 is 1.81 bits per heavy atom. The maximum absolute atomic E-state index is 5.76. The molecule has 0 aromatic rings. The summed E-state index contributed by atoms with van der Waals surface area (Å²) in [5, 5.41) is 3.59. The monoisotopic (exact) mass is 227 g/mol. The molecule has 2 atom stereocenters. The molecule has 1 fully saturated rings. The van der Waals surface area contributed by atoms with Crippen molar-refractivity contribution in [3.63, 3.8) is 0 Å². The van der Waals surface area contributed by atoms with Gasteiger partial charge in [0.15, 0.2) is 0 Å². The highest BCUT2D eigenvalue weighted by molar-refractivity contribution is 4.79. The van der Waals surface area contributed by atoms with Crippen molar-refractivity contribution in [2.45, 2.75) is 53.1 Å². The molecular formula is C14H29NO. The minimum atomic E-state index is 0.380. The highest BCUT2D eigenvalue weighted by atomic mass is 16.5. The van der Waals surface area contributed by atoms with Crippen LogP contribution in [0, 0.1) is 17.8 Å². The van der Waals surface area contributed by atoms with Gasteiger partial charge in [0.1, 0.15) is 0 Å². The molecule has 1 rings (SSSR count). The number of rotatable bonds is 7. The van der Waals surface area contributed by atoms with Crippen molar-refractivity contribution in [2.24, 2.45) is 17.8 Å². The van der Waals surface area contributed by atoms with Gasteiger partial charge in [-0.3, -0.25) is 0 Å². The van der Waals surface area contributed by atoms with E-state index in [1.54, 1.807) is 0 Å². The first-order valence-electron chi connectivity index (χ1n) is 6.92. The van der Waals surface area contributed by atoms with Crippen molar-refractivity contribution >= 4 is 0 Å². The van der Waals surface area contributed by atoms with Crippen LogP contribution < -0.4 is 5.32 Å². The largest absolute Gasteiger partial charge is 0.378 e. The van der Waals surface area contributed by atoms with E-state index < -0.39 is 0 Å². The zero-order valence-corrected chi connectivity index (χ0v) is 11.5. The molecule has 0 spiro atoms. The van der Waals surface area contributed by atoms with Crippen molar-refractivity contribution < 1.29 is 4.74 Å². The fourth-order valence-corrected chi connectivity index (χ4v) is 2.48. The second-order valence-electron chi connectivity index (χ2n) is 5.89. The van der Waals surface area contributed by atoms with Gasteiger partial charge in [-0.25, -0.2) is 0 Å². The number of nitrogens with one attached hydrogen (secondary N) is 1. The Balaban J connectivity index is 2.18. The van der Waals surface area contributed by atoms with Crippen LogP contribution in [0.2, 0.25) is 0 Å². The van der Waals surface area contributed by atoms with Gasteiger partial charge in [0.25, 0.3) is 0 Å². The standard InChI is InChI=1S/C14H29NO/c1-11(2)8-15-9-13-6-5-7-14(13)10-16-12(3)4/h11-15H,5-10H2,1-4H3.